The van der Waals surface area contributed by atoms with Crippen molar-refractivity contribution in [2.45, 2.75) is 89.1 Å². The van der Waals surface area contributed by atoms with Crippen molar-refractivity contribution in [2.75, 3.05) is 0 Å². The van der Waals surface area contributed by atoms with E-state index in [2.05, 4.69) is 6.92 Å². The van der Waals surface area contributed by atoms with Crippen molar-refractivity contribution < 1.29 is 22.7 Å². The van der Waals surface area contributed by atoms with Crippen LogP contribution in [0.15, 0.2) is 12.1 Å². The van der Waals surface area contributed by atoms with Crippen LogP contribution >= 0.6 is 0 Å². The van der Waals surface area contributed by atoms with E-state index in [0.717, 1.165) is 50.7 Å². The Labute approximate surface area is 159 Å². The molecule has 1 aromatic rings. The molecule has 0 unspecified atom stereocenters. The Morgan fingerprint density at radius 3 is 2.19 bits per heavy atom. The molecular formula is C22H29F3O2. The number of hydrogen-bond acceptors (Lipinski definition) is 2. The zero-order valence-electron chi connectivity index (χ0n) is 16.0. The summed E-state index contributed by atoms with van der Waals surface area (Å²) in [6.45, 7) is 2.08. The quantitative estimate of drug-likeness (QED) is 0.434. The highest BCUT2D eigenvalue weighted by Gasteiger charge is 2.40. The molecule has 2 nitrogen and oxygen atoms in total. The SMILES string of the molecule is CCCC1(OC(=O)C2CCCCC2)CCC(c2cc(F)c(F)c(F)c2)CC1. The van der Waals surface area contributed by atoms with Crippen LogP contribution in [0.1, 0.15) is 89.0 Å². The molecule has 3 rings (SSSR count). The molecule has 2 saturated carbocycles. The Bertz CT molecular complexity index is 637. The maximum Gasteiger partial charge on any atom is 0.309 e. The lowest BCUT2D eigenvalue weighted by Crippen LogP contribution is -2.40. The molecule has 0 aromatic heterocycles. The van der Waals surface area contributed by atoms with Crippen LogP contribution in [0, 0.1) is 23.4 Å². The minimum atomic E-state index is -1.42. The van der Waals surface area contributed by atoms with Crippen molar-refractivity contribution in [1.29, 1.82) is 0 Å². The molecule has 0 spiro atoms. The van der Waals surface area contributed by atoms with E-state index < -0.39 is 23.1 Å². The Morgan fingerprint density at radius 2 is 1.63 bits per heavy atom. The molecular weight excluding hydrogens is 353 g/mol. The first-order valence-corrected chi connectivity index (χ1v) is 10.3. The number of rotatable bonds is 5. The lowest BCUT2D eigenvalue weighted by molar-refractivity contribution is -0.171. The van der Waals surface area contributed by atoms with Gasteiger partial charge in [0.2, 0.25) is 0 Å². The van der Waals surface area contributed by atoms with Gasteiger partial charge in [0.1, 0.15) is 5.60 Å². The topological polar surface area (TPSA) is 26.3 Å². The molecule has 0 amide bonds. The van der Waals surface area contributed by atoms with E-state index in [4.69, 9.17) is 4.74 Å². The van der Waals surface area contributed by atoms with Crippen molar-refractivity contribution >= 4 is 5.97 Å². The number of esters is 1. The molecule has 27 heavy (non-hydrogen) atoms. The van der Waals surface area contributed by atoms with E-state index in [0.29, 0.717) is 31.2 Å². The van der Waals surface area contributed by atoms with Crippen LogP contribution in [0.25, 0.3) is 0 Å². The summed E-state index contributed by atoms with van der Waals surface area (Å²) in [7, 11) is 0. The van der Waals surface area contributed by atoms with E-state index in [1.54, 1.807) is 0 Å². The Hall–Kier alpha value is -1.52. The Balaban J connectivity index is 1.66. The van der Waals surface area contributed by atoms with Crippen LogP contribution in [0.4, 0.5) is 13.2 Å². The van der Waals surface area contributed by atoms with E-state index in [-0.39, 0.29) is 17.8 Å². The van der Waals surface area contributed by atoms with Gasteiger partial charge in [0.05, 0.1) is 5.92 Å². The average molecular weight is 382 g/mol. The third-order valence-electron chi connectivity index (χ3n) is 6.34. The van der Waals surface area contributed by atoms with Gasteiger partial charge < -0.3 is 4.74 Å². The van der Waals surface area contributed by atoms with Crippen molar-refractivity contribution in [2.24, 2.45) is 5.92 Å². The highest BCUT2D eigenvalue weighted by atomic mass is 19.2. The second kappa shape index (κ2) is 8.66. The van der Waals surface area contributed by atoms with E-state index >= 15 is 0 Å². The fraction of sp³-hybridized carbons (Fsp3) is 0.682. The van der Waals surface area contributed by atoms with E-state index in [9.17, 15) is 18.0 Å². The Morgan fingerprint density at radius 1 is 1.04 bits per heavy atom. The molecule has 2 fully saturated rings. The van der Waals surface area contributed by atoms with Gasteiger partial charge in [-0.05, 0) is 68.6 Å². The van der Waals surface area contributed by atoms with Crippen molar-refractivity contribution in [1.82, 2.24) is 0 Å². The van der Waals surface area contributed by atoms with Crippen molar-refractivity contribution in [3.8, 4) is 0 Å². The van der Waals surface area contributed by atoms with E-state index in [1.165, 1.54) is 6.42 Å². The van der Waals surface area contributed by atoms with Crippen LogP contribution in [-0.2, 0) is 9.53 Å². The van der Waals surface area contributed by atoms with Gasteiger partial charge in [-0.15, -0.1) is 0 Å². The normalized spacial score (nSPS) is 26.7. The smallest absolute Gasteiger partial charge is 0.309 e. The molecule has 0 radical (unpaired) electrons. The van der Waals surface area contributed by atoms with Crippen molar-refractivity contribution in [3.05, 3.63) is 35.1 Å². The molecule has 150 valence electrons. The van der Waals surface area contributed by atoms with Crippen LogP contribution in [0.5, 0.6) is 0 Å². The summed E-state index contributed by atoms with van der Waals surface area (Å²) in [5.74, 6) is -3.78. The summed E-state index contributed by atoms with van der Waals surface area (Å²) in [6, 6.07) is 2.20. The van der Waals surface area contributed by atoms with Gasteiger partial charge >= 0.3 is 5.97 Å². The predicted molar refractivity (Wildman–Crippen MR) is 97.8 cm³/mol. The first kappa shape index (κ1) is 20.2. The predicted octanol–water partition coefficient (Wildman–Crippen LogP) is 6.42. The fourth-order valence-corrected chi connectivity index (χ4v) is 4.78. The molecule has 5 heteroatoms. The van der Waals surface area contributed by atoms with Gasteiger partial charge in [-0.25, -0.2) is 13.2 Å². The summed E-state index contributed by atoms with van der Waals surface area (Å²) in [4.78, 5) is 12.7. The molecule has 1 aromatic carbocycles. The zero-order valence-corrected chi connectivity index (χ0v) is 16.0. The fourth-order valence-electron chi connectivity index (χ4n) is 4.78. The summed E-state index contributed by atoms with van der Waals surface area (Å²) in [6.07, 6.45) is 9.66. The van der Waals surface area contributed by atoms with Gasteiger partial charge in [-0.2, -0.15) is 0 Å². The van der Waals surface area contributed by atoms with Crippen LogP contribution < -0.4 is 0 Å². The number of halogens is 3. The molecule has 0 saturated heterocycles. The van der Waals surface area contributed by atoms with Gasteiger partial charge in [-0.1, -0.05) is 32.6 Å². The second-order valence-electron chi connectivity index (χ2n) is 8.26. The van der Waals surface area contributed by atoms with Crippen molar-refractivity contribution in [3.63, 3.8) is 0 Å². The Kier molecular flexibility index (Phi) is 6.48. The lowest BCUT2D eigenvalue weighted by Gasteiger charge is -2.41. The number of hydrogen-bond donors (Lipinski definition) is 0. The highest BCUT2D eigenvalue weighted by Crippen LogP contribution is 2.43. The average Bonchev–Trinajstić information content (AvgIpc) is 2.67. The third kappa shape index (κ3) is 4.67. The minimum absolute atomic E-state index is 0.0190. The van der Waals surface area contributed by atoms with Gasteiger partial charge in [0, 0.05) is 0 Å². The largest absolute Gasteiger partial charge is 0.459 e. The number of benzene rings is 1. The molecule has 0 aliphatic heterocycles. The molecule has 2 aliphatic rings. The summed E-state index contributed by atoms with van der Waals surface area (Å²) >= 11 is 0. The molecule has 0 heterocycles. The number of ether oxygens (including phenoxy) is 1. The lowest BCUT2D eigenvalue weighted by atomic mass is 9.74. The molecule has 0 N–H and O–H groups in total. The van der Waals surface area contributed by atoms with Gasteiger partial charge in [0.15, 0.2) is 17.5 Å². The van der Waals surface area contributed by atoms with Gasteiger partial charge in [0.25, 0.3) is 0 Å². The van der Waals surface area contributed by atoms with Gasteiger partial charge in [-0.3, -0.25) is 4.79 Å². The minimum Gasteiger partial charge on any atom is -0.459 e. The summed E-state index contributed by atoms with van der Waals surface area (Å²) in [5.41, 5.74) is 0.0341. The van der Waals surface area contributed by atoms with E-state index in [1.807, 2.05) is 0 Å². The zero-order chi connectivity index (χ0) is 19.4. The monoisotopic (exact) mass is 382 g/mol. The van der Waals surface area contributed by atoms with Crippen LogP contribution in [0.3, 0.4) is 0 Å². The number of carbonyl (C=O) groups excluding carboxylic acids is 1. The number of carbonyl (C=O) groups is 1. The standard InChI is InChI=1S/C22H29F3O2/c1-2-10-22(27-21(26)16-6-4-3-5-7-16)11-8-15(9-12-22)17-13-18(23)20(25)19(24)14-17/h13-16H,2-12H2,1H3. The maximum atomic E-state index is 13.6. The third-order valence-corrected chi connectivity index (χ3v) is 6.34. The molecule has 0 bridgehead atoms. The van der Waals surface area contributed by atoms with Crippen LogP contribution in [0.2, 0.25) is 0 Å². The second-order valence-corrected chi connectivity index (χ2v) is 8.26. The first-order chi connectivity index (χ1) is 12.9. The maximum absolute atomic E-state index is 13.6. The molecule has 0 atom stereocenters. The summed E-state index contributed by atoms with van der Waals surface area (Å²) in [5, 5.41) is 0. The first-order valence-electron chi connectivity index (χ1n) is 10.3. The molecule has 2 aliphatic carbocycles. The highest BCUT2D eigenvalue weighted by molar-refractivity contribution is 5.73. The van der Waals surface area contributed by atoms with Crippen LogP contribution in [-0.4, -0.2) is 11.6 Å². The summed E-state index contributed by atoms with van der Waals surface area (Å²) < 4.78 is 46.4.